The average Bonchev–Trinajstić information content (AvgIpc) is 2.63. The molecule has 27 heavy (non-hydrogen) atoms. The molecule has 0 spiro atoms. The van der Waals surface area contributed by atoms with Gasteiger partial charge in [0.1, 0.15) is 0 Å². The monoisotopic (exact) mass is 388 g/mol. The minimum atomic E-state index is -0.472. The van der Waals surface area contributed by atoms with E-state index in [-0.39, 0.29) is 23.0 Å². The molecule has 1 amide bonds. The van der Waals surface area contributed by atoms with Gasteiger partial charge in [-0.3, -0.25) is 25.0 Å². The minimum absolute atomic E-state index is 0.0103. The Morgan fingerprint density at radius 1 is 1.15 bits per heavy atom. The van der Waals surface area contributed by atoms with Crippen molar-refractivity contribution in [3.05, 3.63) is 79.4 Å². The maximum Gasteiger partial charge on any atom is 0.272 e. The standard InChI is InChI=1S/C17H16N4O5S/c1-12-2-3-14(8-16(12)21(25)26)9-18-19-17(22)11-27-10-13-4-6-15(7-5-13)20(23)24/h2-9H,10-11H2,1H3,(H,19,22)/b18-9-. The summed E-state index contributed by atoms with van der Waals surface area (Å²) in [5.41, 5.74) is 4.29. The maximum absolute atomic E-state index is 11.8. The van der Waals surface area contributed by atoms with Crippen LogP contribution in [0, 0.1) is 27.2 Å². The van der Waals surface area contributed by atoms with Crippen molar-refractivity contribution >= 4 is 35.3 Å². The van der Waals surface area contributed by atoms with Crippen LogP contribution in [-0.2, 0) is 10.5 Å². The molecular weight excluding hydrogens is 372 g/mol. The number of nitro groups is 2. The van der Waals surface area contributed by atoms with Crippen molar-refractivity contribution in [1.29, 1.82) is 0 Å². The first-order valence-corrected chi connectivity index (χ1v) is 8.90. The molecule has 2 aromatic carbocycles. The average molecular weight is 388 g/mol. The van der Waals surface area contributed by atoms with Gasteiger partial charge in [0.15, 0.2) is 0 Å². The Bertz CT molecular complexity index is 883. The summed E-state index contributed by atoms with van der Waals surface area (Å²) in [4.78, 5) is 32.3. The van der Waals surface area contributed by atoms with E-state index < -0.39 is 9.85 Å². The Kier molecular flexibility index (Phi) is 7.00. The molecule has 9 nitrogen and oxygen atoms in total. The van der Waals surface area contributed by atoms with Crippen molar-refractivity contribution in [2.75, 3.05) is 5.75 Å². The second-order valence-corrected chi connectivity index (χ2v) is 6.50. The highest BCUT2D eigenvalue weighted by Crippen LogP contribution is 2.18. The van der Waals surface area contributed by atoms with Crippen LogP contribution in [0.2, 0.25) is 0 Å². The first-order valence-electron chi connectivity index (χ1n) is 7.75. The van der Waals surface area contributed by atoms with Gasteiger partial charge in [0.25, 0.3) is 11.4 Å². The zero-order valence-electron chi connectivity index (χ0n) is 14.3. The fraction of sp³-hybridized carbons (Fsp3) is 0.176. The summed E-state index contributed by atoms with van der Waals surface area (Å²) in [7, 11) is 0. The molecule has 2 aromatic rings. The van der Waals surface area contributed by atoms with E-state index in [4.69, 9.17) is 0 Å². The molecule has 0 radical (unpaired) electrons. The van der Waals surface area contributed by atoms with Gasteiger partial charge < -0.3 is 0 Å². The Morgan fingerprint density at radius 3 is 2.48 bits per heavy atom. The van der Waals surface area contributed by atoms with E-state index in [0.717, 1.165) is 5.56 Å². The summed E-state index contributed by atoms with van der Waals surface area (Å²) in [6, 6.07) is 10.8. The van der Waals surface area contributed by atoms with Gasteiger partial charge in [-0.1, -0.05) is 24.3 Å². The molecule has 10 heteroatoms. The van der Waals surface area contributed by atoms with E-state index in [1.165, 1.54) is 36.2 Å². The molecule has 0 aromatic heterocycles. The number of amides is 1. The molecule has 0 bridgehead atoms. The fourth-order valence-electron chi connectivity index (χ4n) is 2.09. The van der Waals surface area contributed by atoms with E-state index in [1.54, 1.807) is 31.2 Å². The van der Waals surface area contributed by atoms with Crippen LogP contribution < -0.4 is 5.43 Å². The number of nitro benzene ring substituents is 2. The van der Waals surface area contributed by atoms with Gasteiger partial charge in [-0.2, -0.15) is 5.10 Å². The minimum Gasteiger partial charge on any atom is -0.272 e. The predicted molar refractivity (Wildman–Crippen MR) is 103 cm³/mol. The smallest absolute Gasteiger partial charge is 0.272 e. The predicted octanol–water partition coefficient (Wildman–Crippen LogP) is 3.19. The number of hydrogen-bond donors (Lipinski definition) is 1. The Hall–Kier alpha value is -3.27. The summed E-state index contributed by atoms with van der Waals surface area (Å²) >= 11 is 1.34. The van der Waals surface area contributed by atoms with Gasteiger partial charge in [-0.15, -0.1) is 11.8 Å². The second-order valence-electron chi connectivity index (χ2n) is 5.51. The quantitative estimate of drug-likeness (QED) is 0.420. The molecule has 0 unspecified atom stereocenters. The number of thioether (sulfide) groups is 1. The lowest BCUT2D eigenvalue weighted by Gasteiger charge is -2.02. The molecule has 0 saturated carbocycles. The van der Waals surface area contributed by atoms with Crippen molar-refractivity contribution in [3.8, 4) is 0 Å². The van der Waals surface area contributed by atoms with Crippen LogP contribution in [0.4, 0.5) is 11.4 Å². The van der Waals surface area contributed by atoms with Crippen LogP contribution in [0.3, 0.4) is 0 Å². The lowest BCUT2D eigenvalue weighted by Crippen LogP contribution is -2.19. The first kappa shape index (κ1) is 20.0. The van der Waals surface area contributed by atoms with Gasteiger partial charge in [0.2, 0.25) is 5.91 Å². The highest BCUT2D eigenvalue weighted by atomic mass is 32.2. The van der Waals surface area contributed by atoms with E-state index in [1.807, 2.05) is 0 Å². The zero-order chi connectivity index (χ0) is 19.8. The third-order valence-corrected chi connectivity index (χ3v) is 4.49. The van der Waals surface area contributed by atoms with E-state index in [0.29, 0.717) is 16.9 Å². The number of hydrazone groups is 1. The Balaban J connectivity index is 1.79. The van der Waals surface area contributed by atoms with Gasteiger partial charge in [-0.25, -0.2) is 5.43 Å². The molecule has 0 fully saturated rings. The molecule has 0 saturated heterocycles. The molecule has 0 aliphatic heterocycles. The number of aryl methyl sites for hydroxylation is 1. The number of nitrogens with one attached hydrogen (secondary N) is 1. The highest BCUT2D eigenvalue weighted by molar-refractivity contribution is 7.99. The van der Waals surface area contributed by atoms with Crippen LogP contribution in [0.25, 0.3) is 0 Å². The Morgan fingerprint density at radius 2 is 1.85 bits per heavy atom. The number of carbonyl (C=O) groups is 1. The summed E-state index contributed by atoms with van der Waals surface area (Å²) in [5.74, 6) is 0.363. The van der Waals surface area contributed by atoms with Crippen LogP contribution >= 0.6 is 11.8 Å². The summed E-state index contributed by atoms with van der Waals surface area (Å²) < 4.78 is 0. The van der Waals surface area contributed by atoms with Crippen molar-refractivity contribution in [3.63, 3.8) is 0 Å². The number of rotatable bonds is 8. The normalized spacial score (nSPS) is 10.7. The molecule has 1 N–H and O–H groups in total. The highest BCUT2D eigenvalue weighted by Gasteiger charge is 2.10. The van der Waals surface area contributed by atoms with Gasteiger partial charge in [0.05, 0.1) is 21.8 Å². The summed E-state index contributed by atoms with van der Waals surface area (Å²) in [6.45, 7) is 1.64. The molecule has 0 aliphatic rings. The van der Waals surface area contributed by atoms with E-state index >= 15 is 0 Å². The lowest BCUT2D eigenvalue weighted by atomic mass is 10.1. The van der Waals surface area contributed by atoms with Crippen molar-refractivity contribution in [1.82, 2.24) is 5.43 Å². The molecule has 0 heterocycles. The number of nitrogens with zero attached hydrogens (tertiary/aromatic N) is 3. The number of non-ortho nitro benzene ring substituents is 1. The van der Waals surface area contributed by atoms with E-state index in [9.17, 15) is 25.0 Å². The van der Waals surface area contributed by atoms with Crippen molar-refractivity contribution in [2.45, 2.75) is 12.7 Å². The van der Waals surface area contributed by atoms with Crippen molar-refractivity contribution in [2.24, 2.45) is 5.10 Å². The molecule has 2 rings (SSSR count). The molecular formula is C17H16N4O5S. The third kappa shape index (κ3) is 6.19. The first-order chi connectivity index (χ1) is 12.9. The third-order valence-electron chi connectivity index (χ3n) is 3.48. The SMILES string of the molecule is Cc1ccc(/C=N\NC(=O)CSCc2ccc([N+](=O)[O-])cc2)cc1[N+](=O)[O-]. The maximum atomic E-state index is 11.8. The van der Waals surface area contributed by atoms with Crippen LogP contribution in [0.1, 0.15) is 16.7 Å². The molecule has 0 atom stereocenters. The molecule has 0 aliphatic carbocycles. The van der Waals surface area contributed by atoms with Crippen LogP contribution in [-0.4, -0.2) is 27.7 Å². The van der Waals surface area contributed by atoms with Crippen molar-refractivity contribution < 1.29 is 14.6 Å². The lowest BCUT2D eigenvalue weighted by molar-refractivity contribution is -0.385. The second kappa shape index (κ2) is 9.43. The number of benzene rings is 2. The largest absolute Gasteiger partial charge is 0.272 e. The summed E-state index contributed by atoms with van der Waals surface area (Å²) in [5, 5.41) is 25.3. The van der Waals surface area contributed by atoms with Crippen LogP contribution in [0.15, 0.2) is 47.6 Å². The number of carbonyl (C=O) groups excluding carboxylic acids is 1. The van der Waals surface area contributed by atoms with Crippen LogP contribution in [0.5, 0.6) is 0 Å². The molecule has 140 valence electrons. The van der Waals surface area contributed by atoms with Gasteiger partial charge in [0, 0.05) is 35.1 Å². The zero-order valence-corrected chi connectivity index (χ0v) is 15.1. The fourth-order valence-corrected chi connectivity index (χ4v) is 2.87. The Labute approximate surface area is 158 Å². The topological polar surface area (TPSA) is 128 Å². The van der Waals surface area contributed by atoms with Gasteiger partial charge >= 0.3 is 0 Å². The number of hydrogen-bond acceptors (Lipinski definition) is 7. The van der Waals surface area contributed by atoms with E-state index in [2.05, 4.69) is 10.5 Å². The van der Waals surface area contributed by atoms with Gasteiger partial charge in [-0.05, 0) is 12.5 Å². The summed E-state index contributed by atoms with van der Waals surface area (Å²) in [6.07, 6.45) is 1.34.